The zero-order chi connectivity index (χ0) is 16.9. The molecule has 2 aromatic rings. The number of hydrogen-bond donors (Lipinski definition) is 2. The zero-order valence-electron chi connectivity index (χ0n) is 14.4. The van der Waals surface area contributed by atoms with Crippen molar-refractivity contribution in [1.82, 2.24) is 4.90 Å². The maximum atomic E-state index is 12.2. The van der Waals surface area contributed by atoms with Crippen LogP contribution < -0.4 is 10.6 Å². The van der Waals surface area contributed by atoms with Crippen molar-refractivity contribution < 1.29 is 4.79 Å². The summed E-state index contributed by atoms with van der Waals surface area (Å²) in [7, 11) is 0. The molecule has 0 unspecified atom stereocenters. The van der Waals surface area contributed by atoms with Crippen LogP contribution in [-0.4, -0.2) is 30.4 Å². The predicted molar refractivity (Wildman–Crippen MR) is 100.0 cm³/mol. The van der Waals surface area contributed by atoms with Gasteiger partial charge in [0.2, 0.25) is 5.91 Å². The lowest BCUT2D eigenvalue weighted by Crippen LogP contribution is -2.32. The van der Waals surface area contributed by atoms with E-state index in [1.807, 2.05) is 18.2 Å². The van der Waals surface area contributed by atoms with Crippen LogP contribution in [-0.2, 0) is 17.6 Å². The Morgan fingerprint density at radius 2 is 1.75 bits per heavy atom. The Kier molecular flexibility index (Phi) is 5.16. The van der Waals surface area contributed by atoms with E-state index >= 15 is 0 Å². The first-order chi connectivity index (χ1) is 11.7. The molecule has 2 N–H and O–H groups in total. The lowest BCUT2D eigenvalue weighted by molar-refractivity contribution is -0.117. The molecule has 0 saturated heterocycles. The number of amides is 1. The minimum absolute atomic E-state index is 0.0349. The maximum Gasteiger partial charge on any atom is 0.238 e. The minimum atomic E-state index is 0.0349. The van der Waals surface area contributed by atoms with E-state index in [4.69, 9.17) is 0 Å². The highest BCUT2D eigenvalue weighted by molar-refractivity contribution is 5.93. The fourth-order valence-electron chi connectivity index (χ4n) is 3.11. The van der Waals surface area contributed by atoms with Gasteiger partial charge in [-0.15, -0.1) is 0 Å². The maximum absolute atomic E-state index is 12.2. The molecule has 4 heteroatoms. The molecule has 1 heterocycles. The topological polar surface area (TPSA) is 44.4 Å². The van der Waals surface area contributed by atoms with E-state index in [-0.39, 0.29) is 5.91 Å². The Hall–Kier alpha value is -2.33. The van der Waals surface area contributed by atoms with Crippen LogP contribution in [0.15, 0.2) is 42.5 Å². The third-order valence-corrected chi connectivity index (χ3v) is 4.61. The second kappa shape index (κ2) is 7.49. The number of likely N-dealkylation sites (N-methyl/N-ethyl adjacent to an activating group) is 1. The van der Waals surface area contributed by atoms with Gasteiger partial charge in [0.15, 0.2) is 0 Å². The highest BCUT2D eigenvalue weighted by Crippen LogP contribution is 2.31. The van der Waals surface area contributed by atoms with Crippen LogP contribution in [0.4, 0.5) is 17.1 Å². The van der Waals surface area contributed by atoms with Gasteiger partial charge in [0.05, 0.1) is 6.54 Å². The van der Waals surface area contributed by atoms with Gasteiger partial charge in [-0.1, -0.05) is 38.1 Å². The van der Waals surface area contributed by atoms with Gasteiger partial charge in [-0.2, -0.15) is 0 Å². The first kappa shape index (κ1) is 16.5. The van der Waals surface area contributed by atoms with Crippen molar-refractivity contribution in [3.05, 3.63) is 53.6 Å². The summed E-state index contributed by atoms with van der Waals surface area (Å²) in [5, 5.41) is 6.53. The molecule has 1 amide bonds. The van der Waals surface area contributed by atoms with Crippen LogP contribution in [0.25, 0.3) is 0 Å². The molecule has 0 fully saturated rings. The predicted octanol–water partition coefficient (Wildman–Crippen LogP) is 3.81. The summed E-state index contributed by atoms with van der Waals surface area (Å²) in [5.41, 5.74) is 5.70. The molecule has 4 nitrogen and oxygen atoms in total. The third-order valence-electron chi connectivity index (χ3n) is 4.61. The Morgan fingerprint density at radius 1 is 1.04 bits per heavy atom. The van der Waals surface area contributed by atoms with Gasteiger partial charge in [0.1, 0.15) is 0 Å². The van der Waals surface area contributed by atoms with Gasteiger partial charge in [-0.3, -0.25) is 9.69 Å². The molecule has 2 aromatic carbocycles. The molecule has 0 spiro atoms. The van der Waals surface area contributed by atoms with Gasteiger partial charge in [0, 0.05) is 17.1 Å². The van der Waals surface area contributed by atoms with Gasteiger partial charge >= 0.3 is 0 Å². The number of para-hydroxylation sites is 1. The molecule has 126 valence electrons. The molecule has 3 rings (SSSR count). The highest BCUT2D eigenvalue weighted by Gasteiger charge is 2.14. The molecule has 0 radical (unpaired) electrons. The molecule has 24 heavy (non-hydrogen) atoms. The Morgan fingerprint density at radius 3 is 2.50 bits per heavy atom. The number of anilines is 3. The standard InChI is InChI=1S/C20H25N3O/c1-3-23(4-2)14-20(24)21-17-12-11-16-10-9-15-7-5-6-8-18(15)22-19(16)13-17/h5-8,11-13,22H,3-4,9-10,14H2,1-2H3,(H,21,24). The third kappa shape index (κ3) is 3.77. The fraction of sp³-hybridized carbons (Fsp3) is 0.350. The van der Waals surface area contributed by atoms with E-state index in [0.717, 1.165) is 43.0 Å². The van der Waals surface area contributed by atoms with Crippen LogP contribution in [0.1, 0.15) is 25.0 Å². The first-order valence-electron chi connectivity index (χ1n) is 8.69. The second-order valence-electron chi connectivity index (χ2n) is 6.16. The summed E-state index contributed by atoms with van der Waals surface area (Å²) < 4.78 is 0. The van der Waals surface area contributed by atoms with E-state index in [2.05, 4.69) is 53.6 Å². The molecule has 0 aromatic heterocycles. The lowest BCUT2D eigenvalue weighted by atomic mass is 10.0. The van der Waals surface area contributed by atoms with Gasteiger partial charge in [0.25, 0.3) is 0 Å². The molecule has 0 saturated carbocycles. The number of carbonyl (C=O) groups excluding carboxylic acids is 1. The Balaban J connectivity index is 1.75. The number of aryl methyl sites for hydroxylation is 2. The van der Waals surface area contributed by atoms with Crippen molar-refractivity contribution in [3.63, 3.8) is 0 Å². The Bertz CT molecular complexity index is 723. The summed E-state index contributed by atoms with van der Waals surface area (Å²) in [5.74, 6) is 0.0349. The average Bonchev–Trinajstić information content (AvgIpc) is 2.78. The van der Waals surface area contributed by atoms with E-state index in [0.29, 0.717) is 6.54 Å². The lowest BCUT2D eigenvalue weighted by Gasteiger charge is -2.18. The van der Waals surface area contributed by atoms with Crippen LogP contribution in [0, 0.1) is 0 Å². The van der Waals surface area contributed by atoms with Crippen molar-refractivity contribution in [2.45, 2.75) is 26.7 Å². The van der Waals surface area contributed by atoms with Crippen molar-refractivity contribution >= 4 is 23.0 Å². The largest absolute Gasteiger partial charge is 0.355 e. The molecule has 1 aliphatic rings. The monoisotopic (exact) mass is 323 g/mol. The molecule has 0 atom stereocenters. The SMILES string of the molecule is CCN(CC)CC(=O)Nc1ccc2c(c1)Nc1ccccc1CC2. The van der Waals surface area contributed by atoms with E-state index in [1.165, 1.54) is 11.1 Å². The number of benzene rings is 2. The molecular formula is C20H25N3O. The quantitative estimate of drug-likeness (QED) is 0.879. The van der Waals surface area contributed by atoms with Crippen molar-refractivity contribution in [2.24, 2.45) is 0 Å². The number of nitrogens with zero attached hydrogens (tertiary/aromatic N) is 1. The molecular weight excluding hydrogens is 298 g/mol. The van der Waals surface area contributed by atoms with Crippen molar-refractivity contribution in [3.8, 4) is 0 Å². The Labute approximate surface area is 143 Å². The second-order valence-corrected chi connectivity index (χ2v) is 6.16. The fourth-order valence-corrected chi connectivity index (χ4v) is 3.11. The summed E-state index contributed by atoms with van der Waals surface area (Å²) in [6.07, 6.45) is 2.04. The number of hydrogen-bond acceptors (Lipinski definition) is 3. The van der Waals surface area contributed by atoms with Gasteiger partial charge < -0.3 is 10.6 Å². The summed E-state index contributed by atoms with van der Waals surface area (Å²) in [6, 6.07) is 14.5. The molecule has 0 aliphatic carbocycles. The van der Waals surface area contributed by atoms with E-state index < -0.39 is 0 Å². The number of nitrogens with one attached hydrogen (secondary N) is 2. The van der Waals surface area contributed by atoms with Gasteiger partial charge in [-0.25, -0.2) is 0 Å². The van der Waals surface area contributed by atoms with E-state index in [9.17, 15) is 4.79 Å². The van der Waals surface area contributed by atoms with Crippen molar-refractivity contribution in [2.75, 3.05) is 30.3 Å². The summed E-state index contributed by atoms with van der Waals surface area (Å²) >= 11 is 0. The highest BCUT2D eigenvalue weighted by atomic mass is 16.2. The van der Waals surface area contributed by atoms with Crippen LogP contribution >= 0.6 is 0 Å². The number of carbonyl (C=O) groups is 1. The number of rotatable bonds is 5. The van der Waals surface area contributed by atoms with Gasteiger partial charge in [-0.05, 0) is 55.3 Å². The zero-order valence-corrected chi connectivity index (χ0v) is 14.4. The summed E-state index contributed by atoms with van der Waals surface area (Å²) in [6.45, 7) is 6.33. The van der Waals surface area contributed by atoms with Crippen molar-refractivity contribution in [1.29, 1.82) is 0 Å². The van der Waals surface area contributed by atoms with E-state index in [1.54, 1.807) is 0 Å². The number of fused-ring (bicyclic) bond motifs is 2. The van der Waals surface area contributed by atoms with Crippen LogP contribution in [0.5, 0.6) is 0 Å². The molecule has 1 aliphatic heterocycles. The minimum Gasteiger partial charge on any atom is -0.355 e. The molecule has 0 bridgehead atoms. The first-order valence-corrected chi connectivity index (χ1v) is 8.69. The van der Waals surface area contributed by atoms with Crippen LogP contribution in [0.3, 0.4) is 0 Å². The smallest absolute Gasteiger partial charge is 0.238 e. The van der Waals surface area contributed by atoms with Crippen LogP contribution in [0.2, 0.25) is 0 Å². The normalized spacial score (nSPS) is 12.8. The average molecular weight is 323 g/mol. The summed E-state index contributed by atoms with van der Waals surface area (Å²) in [4.78, 5) is 14.3.